The fourth-order valence-electron chi connectivity index (χ4n) is 3.15. The molecule has 2 atom stereocenters. The van der Waals surface area contributed by atoms with Crippen molar-refractivity contribution in [2.75, 3.05) is 5.75 Å². The first-order valence-electron chi connectivity index (χ1n) is 6.14. The summed E-state index contributed by atoms with van der Waals surface area (Å²) >= 11 is 1.89. The summed E-state index contributed by atoms with van der Waals surface area (Å²) in [5.74, 6) is 2.05. The second-order valence-electron chi connectivity index (χ2n) is 5.98. The van der Waals surface area contributed by atoms with Gasteiger partial charge in [0.1, 0.15) is 0 Å². The fraction of sp³-hybridized carbons (Fsp3) is 0.923. The van der Waals surface area contributed by atoms with Crippen molar-refractivity contribution >= 4 is 17.5 Å². The SMILES string of the molecule is CC1(C(=O)C2CCCC2(C)C)CCCS1. The van der Waals surface area contributed by atoms with Crippen LogP contribution in [0.2, 0.25) is 0 Å². The third kappa shape index (κ3) is 1.98. The van der Waals surface area contributed by atoms with Gasteiger partial charge in [0.15, 0.2) is 5.78 Å². The first-order chi connectivity index (χ1) is 6.96. The zero-order chi connectivity index (χ0) is 11.1. The molecule has 1 nitrogen and oxygen atoms in total. The van der Waals surface area contributed by atoms with E-state index in [9.17, 15) is 4.79 Å². The fourth-order valence-corrected chi connectivity index (χ4v) is 4.47. The van der Waals surface area contributed by atoms with Crippen LogP contribution < -0.4 is 0 Å². The largest absolute Gasteiger partial charge is 0.298 e. The van der Waals surface area contributed by atoms with Gasteiger partial charge in [-0.2, -0.15) is 0 Å². The summed E-state index contributed by atoms with van der Waals surface area (Å²) in [6.07, 6.45) is 5.92. The Morgan fingerprint density at radius 1 is 1.20 bits per heavy atom. The molecule has 1 aliphatic heterocycles. The molecule has 1 heterocycles. The van der Waals surface area contributed by atoms with E-state index in [0.29, 0.717) is 11.7 Å². The van der Waals surface area contributed by atoms with Gasteiger partial charge in [0.2, 0.25) is 0 Å². The van der Waals surface area contributed by atoms with Gasteiger partial charge in [-0.3, -0.25) is 4.79 Å². The zero-order valence-electron chi connectivity index (χ0n) is 10.1. The Labute approximate surface area is 97.4 Å². The Hall–Kier alpha value is 0.0200. The van der Waals surface area contributed by atoms with Gasteiger partial charge in [0, 0.05) is 5.92 Å². The summed E-state index contributed by atoms with van der Waals surface area (Å²) in [6.45, 7) is 6.71. The van der Waals surface area contributed by atoms with E-state index in [2.05, 4.69) is 20.8 Å². The second-order valence-corrected chi connectivity index (χ2v) is 7.58. The Morgan fingerprint density at radius 2 is 1.93 bits per heavy atom. The van der Waals surface area contributed by atoms with E-state index in [0.717, 1.165) is 12.8 Å². The van der Waals surface area contributed by atoms with Crippen LogP contribution in [0.4, 0.5) is 0 Å². The Morgan fingerprint density at radius 3 is 2.40 bits per heavy atom. The highest BCUT2D eigenvalue weighted by Gasteiger charge is 2.47. The predicted octanol–water partition coefficient (Wildman–Crippen LogP) is 3.67. The Balaban J connectivity index is 2.13. The predicted molar refractivity (Wildman–Crippen MR) is 66.2 cm³/mol. The van der Waals surface area contributed by atoms with E-state index in [4.69, 9.17) is 0 Å². The molecule has 0 amide bonds. The molecular formula is C13H22OS. The molecule has 2 heteroatoms. The van der Waals surface area contributed by atoms with Crippen molar-refractivity contribution < 1.29 is 4.79 Å². The monoisotopic (exact) mass is 226 g/mol. The summed E-state index contributed by atoms with van der Waals surface area (Å²) < 4.78 is -0.0493. The van der Waals surface area contributed by atoms with Crippen LogP contribution in [-0.2, 0) is 4.79 Å². The van der Waals surface area contributed by atoms with Crippen molar-refractivity contribution in [2.24, 2.45) is 11.3 Å². The molecule has 0 spiro atoms. The van der Waals surface area contributed by atoms with Crippen molar-refractivity contribution in [1.29, 1.82) is 0 Å². The lowest BCUT2D eigenvalue weighted by Gasteiger charge is -2.32. The summed E-state index contributed by atoms with van der Waals surface area (Å²) in [6, 6.07) is 0. The van der Waals surface area contributed by atoms with Crippen LogP contribution in [0.15, 0.2) is 0 Å². The topological polar surface area (TPSA) is 17.1 Å². The van der Waals surface area contributed by atoms with E-state index >= 15 is 0 Å². The van der Waals surface area contributed by atoms with Gasteiger partial charge in [-0.25, -0.2) is 0 Å². The molecule has 0 aromatic rings. The number of ketones is 1. The highest BCUT2D eigenvalue weighted by Crippen LogP contribution is 2.49. The third-order valence-corrected chi connectivity index (χ3v) is 5.85. The Bertz CT molecular complexity index is 264. The minimum Gasteiger partial charge on any atom is -0.298 e. The van der Waals surface area contributed by atoms with E-state index in [1.54, 1.807) is 0 Å². The Kier molecular flexibility index (Phi) is 2.91. The maximum atomic E-state index is 12.6. The molecule has 0 radical (unpaired) electrons. The molecule has 0 bridgehead atoms. The molecule has 2 rings (SSSR count). The van der Waals surface area contributed by atoms with Crippen molar-refractivity contribution in [3.63, 3.8) is 0 Å². The molecule has 0 N–H and O–H groups in total. The normalized spacial score (nSPS) is 39.5. The van der Waals surface area contributed by atoms with Crippen molar-refractivity contribution in [3.05, 3.63) is 0 Å². The first kappa shape index (κ1) is 11.5. The minimum absolute atomic E-state index is 0.0493. The van der Waals surface area contributed by atoms with Gasteiger partial charge >= 0.3 is 0 Å². The first-order valence-corrected chi connectivity index (χ1v) is 7.13. The number of rotatable bonds is 2. The third-order valence-electron chi connectivity index (χ3n) is 4.31. The molecule has 1 saturated heterocycles. The number of Topliss-reactive ketones (excluding diaryl/α,β-unsaturated/α-hetero) is 1. The highest BCUT2D eigenvalue weighted by molar-refractivity contribution is 8.01. The molecule has 0 aromatic carbocycles. The minimum atomic E-state index is -0.0493. The van der Waals surface area contributed by atoms with Crippen molar-refractivity contribution in [1.82, 2.24) is 0 Å². The molecular weight excluding hydrogens is 204 g/mol. The number of carbonyl (C=O) groups excluding carboxylic acids is 1. The van der Waals surface area contributed by atoms with E-state index < -0.39 is 0 Å². The van der Waals surface area contributed by atoms with E-state index in [-0.39, 0.29) is 10.2 Å². The van der Waals surface area contributed by atoms with E-state index in [1.807, 2.05) is 11.8 Å². The van der Waals surface area contributed by atoms with Crippen LogP contribution in [0.3, 0.4) is 0 Å². The van der Waals surface area contributed by atoms with Gasteiger partial charge in [-0.1, -0.05) is 20.3 Å². The maximum absolute atomic E-state index is 12.6. The van der Waals surface area contributed by atoms with Crippen LogP contribution in [0.1, 0.15) is 52.9 Å². The number of thioether (sulfide) groups is 1. The van der Waals surface area contributed by atoms with Crippen LogP contribution in [0, 0.1) is 11.3 Å². The van der Waals surface area contributed by atoms with E-state index in [1.165, 1.54) is 25.0 Å². The lowest BCUT2D eigenvalue weighted by molar-refractivity contribution is -0.127. The lowest BCUT2D eigenvalue weighted by Crippen LogP contribution is -2.39. The molecule has 1 aliphatic carbocycles. The van der Waals surface area contributed by atoms with Gasteiger partial charge in [0.25, 0.3) is 0 Å². The molecule has 86 valence electrons. The number of carbonyl (C=O) groups is 1. The maximum Gasteiger partial charge on any atom is 0.152 e. The van der Waals surface area contributed by atoms with Gasteiger partial charge in [0.05, 0.1) is 4.75 Å². The van der Waals surface area contributed by atoms with Crippen LogP contribution in [0.25, 0.3) is 0 Å². The average Bonchev–Trinajstić information content (AvgIpc) is 2.72. The zero-order valence-corrected chi connectivity index (χ0v) is 11.0. The lowest BCUT2D eigenvalue weighted by atomic mass is 9.75. The summed E-state index contributed by atoms with van der Waals surface area (Å²) in [5.41, 5.74) is 0.253. The van der Waals surface area contributed by atoms with Crippen molar-refractivity contribution in [3.8, 4) is 0 Å². The standard InChI is InChI=1S/C13H22OS/c1-12(2)7-4-6-10(12)11(14)13(3)8-5-9-15-13/h10H,4-9H2,1-3H3. The summed E-state index contributed by atoms with van der Waals surface area (Å²) in [7, 11) is 0. The van der Waals surface area contributed by atoms with Crippen LogP contribution in [-0.4, -0.2) is 16.3 Å². The van der Waals surface area contributed by atoms with Gasteiger partial charge in [-0.05, 0) is 43.8 Å². The molecule has 2 fully saturated rings. The molecule has 15 heavy (non-hydrogen) atoms. The molecule has 2 aliphatic rings. The molecule has 1 saturated carbocycles. The quantitative estimate of drug-likeness (QED) is 0.714. The smallest absolute Gasteiger partial charge is 0.152 e. The molecule has 2 unspecified atom stereocenters. The second kappa shape index (κ2) is 3.80. The summed E-state index contributed by atoms with van der Waals surface area (Å²) in [5, 5.41) is 0. The highest BCUT2D eigenvalue weighted by atomic mass is 32.2. The molecule has 0 aromatic heterocycles. The van der Waals surface area contributed by atoms with Crippen molar-refractivity contribution in [2.45, 2.75) is 57.6 Å². The average molecular weight is 226 g/mol. The summed E-state index contributed by atoms with van der Waals surface area (Å²) in [4.78, 5) is 12.6. The van der Waals surface area contributed by atoms with Crippen LogP contribution >= 0.6 is 11.8 Å². The van der Waals surface area contributed by atoms with Crippen LogP contribution in [0.5, 0.6) is 0 Å². The number of hydrogen-bond acceptors (Lipinski definition) is 2. The van der Waals surface area contributed by atoms with Gasteiger partial charge < -0.3 is 0 Å². The number of hydrogen-bond donors (Lipinski definition) is 0. The van der Waals surface area contributed by atoms with Gasteiger partial charge in [-0.15, -0.1) is 11.8 Å².